The number of pyridine rings is 1. The third-order valence-electron chi connectivity index (χ3n) is 5.64. The highest BCUT2D eigenvalue weighted by molar-refractivity contribution is 6.32. The number of aromatic amines is 1. The number of aliphatic imine (C=N–C) groups is 1. The maximum absolute atomic E-state index is 11.9. The Morgan fingerprint density at radius 1 is 1.25 bits per heavy atom. The van der Waals surface area contributed by atoms with Crippen molar-refractivity contribution in [2.45, 2.75) is 32.2 Å². The largest absolute Gasteiger partial charge is 0.326 e. The molecule has 4 rings (SSSR count). The van der Waals surface area contributed by atoms with E-state index < -0.39 is 5.54 Å². The molecule has 0 spiro atoms. The predicted molar refractivity (Wildman–Crippen MR) is 117 cm³/mol. The maximum atomic E-state index is 11.9. The summed E-state index contributed by atoms with van der Waals surface area (Å²) in [6, 6.07) is 11.3. The molecule has 0 amide bonds. The molecule has 0 radical (unpaired) electrons. The van der Waals surface area contributed by atoms with Crippen LogP contribution >= 0.6 is 11.6 Å². The van der Waals surface area contributed by atoms with Gasteiger partial charge in [-0.1, -0.05) is 53.6 Å². The van der Waals surface area contributed by atoms with Crippen LogP contribution in [0.25, 0.3) is 6.08 Å². The summed E-state index contributed by atoms with van der Waals surface area (Å²) >= 11 is 6.24. The number of allylic oxidation sites excluding steroid dienone is 3. The minimum Gasteiger partial charge on any atom is -0.326 e. The molecule has 2 aliphatic carbocycles. The lowest BCUT2D eigenvalue weighted by Gasteiger charge is -2.45. The molecular formula is C24H23ClN2O. The fourth-order valence-corrected chi connectivity index (χ4v) is 4.78. The van der Waals surface area contributed by atoms with Crippen LogP contribution in [-0.4, -0.2) is 11.2 Å². The minimum atomic E-state index is -0.457. The average molecular weight is 391 g/mol. The molecule has 1 heterocycles. The van der Waals surface area contributed by atoms with Crippen molar-refractivity contribution in [2.75, 3.05) is 0 Å². The predicted octanol–water partition coefficient (Wildman–Crippen LogP) is 5.48. The van der Waals surface area contributed by atoms with Crippen LogP contribution in [-0.2, 0) is 12.0 Å². The Hall–Kier alpha value is -2.65. The molecule has 3 nitrogen and oxygen atoms in total. The van der Waals surface area contributed by atoms with Gasteiger partial charge >= 0.3 is 0 Å². The Morgan fingerprint density at radius 2 is 2.07 bits per heavy atom. The van der Waals surface area contributed by atoms with Gasteiger partial charge in [-0.25, -0.2) is 0 Å². The molecule has 0 fully saturated rings. The number of fused-ring (bicyclic) bond motifs is 4. The molecule has 0 saturated carbocycles. The van der Waals surface area contributed by atoms with E-state index in [1.807, 2.05) is 48.7 Å². The first-order valence-corrected chi connectivity index (χ1v) is 9.94. The molecule has 2 atom stereocenters. The third-order valence-corrected chi connectivity index (χ3v) is 5.98. The van der Waals surface area contributed by atoms with E-state index in [4.69, 9.17) is 16.6 Å². The standard InChI is InChI=1S/C24H23ClN2O/c1-3-19-18-13-16(2)15-24(19,20-10-11-23(28)27-22(20)14-18)26-12-6-8-17-7-4-5-9-21(17)25/h3-13,18H,14-15H2,1-2H3,(H,27,28)/b8-6?,19-3+,26-12?/t18-,24+/m0/s1. The second-order valence-corrected chi connectivity index (χ2v) is 7.89. The van der Waals surface area contributed by atoms with E-state index in [-0.39, 0.29) is 11.5 Å². The van der Waals surface area contributed by atoms with Crippen LogP contribution in [0.1, 0.15) is 37.1 Å². The molecule has 142 valence electrons. The van der Waals surface area contributed by atoms with Gasteiger partial charge in [0, 0.05) is 40.9 Å². The zero-order valence-corrected chi connectivity index (χ0v) is 16.8. The van der Waals surface area contributed by atoms with Gasteiger partial charge in [0.1, 0.15) is 5.54 Å². The Bertz CT molecular complexity index is 1090. The van der Waals surface area contributed by atoms with Crippen molar-refractivity contribution in [1.29, 1.82) is 0 Å². The number of benzene rings is 1. The fraction of sp³-hybridized carbons (Fsp3) is 0.250. The van der Waals surface area contributed by atoms with Crippen LogP contribution in [0.15, 0.2) is 75.6 Å². The number of halogens is 1. The van der Waals surface area contributed by atoms with Gasteiger partial charge in [0.25, 0.3) is 0 Å². The normalized spacial score (nSPS) is 25.3. The summed E-state index contributed by atoms with van der Waals surface area (Å²) in [5.74, 6) is 0.272. The second kappa shape index (κ2) is 7.40. The van der Waals surface area contributed by atoms with Crippen molar-refractivity contribution in [2.24, 2.45) is 10.9 Å². The first kappa shape index (κ1) is 18.7. The second-order valence-electron chi connectivity index (χ2n) is 7.48. The van der Waals surface area contributed by atoms with Crippen molar-refractivity contribution in [3.05, 3.63) is 98.0 Å². The number of nitrogens with one attached hydrogen (secondary N) is 1. The third kappa shape index (κ3) is 3.20. The molecule has 4 heteroatoms. The molecule has 28 heavy (non-hydrogen) atoms. The number of hydrogen-bond acceptors (Lipinski definition) is 2. The van der Waals surface area contributed by atoms with Gasteiger partial charge < -0.3 is 4.98 Å². The Labute approximate surface area is 170 Å². The highest BCUT2D eigenvalue weighted by Crippen LogP contribution is 2.51. The van der Waals surface area contributed by atoms with Gasteiger partial charge in [-0.15, -0.1) is 0 Å². The summed E-state index contributed by atoms with van der Waals surface area (Å²) in [4.78, 5) is 20.0. The van der Waals surface area contributed by atoms with Gasteiger partial charge in [-0.2, -0.15) is 0 Å². The summed E-state index contributed by atoms with van der Waals surface area (Å²) in [5, 5.41) is 0.719. The lowest BCUT2D eigenvalue weighted by Crippen LogP contribution is -2.40. The van der Waals surface area contributed by atoms with Crippen molar-refractivity contribution in [3.8, 4) is 0 Å². The number of hydrogen-bond donors (Lipinski definition) is 1. The van der Waals surface area contributed by atoms with Crippen LogP contribution in [0.3, 0.4) is 0 Å². The Morgan fingerprint density at radius 3 is 2.86 bits per heavy atom. The fourth-order valence-electron chi connectivity index (χ4n) is 4.58. The molecule has 2 bridgehead atoms. The van der Waals surface area contributed by atoms with Crippen LogP contribution in [0, 0.1) is 5.92 Å². The summed E-state index contributed by atoms with van der Waals surface area (Å²) in [5.41, 5.74) is 5.19. The van der Waals surface area contributed by atoms with Crippen LogP contribution in [0.4, 0.5) is 0 Å². The lowest BCUT2D eigenvalue weighted by molar-refractivity contribution is 0.413. The van der Waals surface area contributed by atoms with E-state index in [1.54, 1.807) is 6.07 Å². The smallest absolute Gasteiger partial charge is 0.248 e. The van der Waals surface area contributed by atoms with Crippen LogP contribution in [0.5, 0.6) is 0 Å². The van der Waals surface area contributed by atoms with Gasteiger partial charge in [0.05, 0.1) is 0 Å². The van der Waals surface area contributed by atoms with Crippen LogP contribution in [0.2, 0.25) is 5.02 Å². The lowest BCUT2D eigenvalue weighted by atomic mass is 9.63. The Balaban J connectivity index is 1.78. The molecule has 2 aliphatic rings. The van der Waals surface area contributed by atoms with Gasteiger partial charge in [-0.05, 0) is 49.6 Å². The SMILES string of the molecule is C/C=C1\[C@H]2C=C(C)C[C@]1(N=CC=Cc1ccccc1Cl)c1ccc(=O)[nH]c1C2. The van der Waals surface area contributed by atoms with Crippen molar-refractivity contribution < 1.29 is 0 Å². The molecule has 1 aromatic heterocycles. The molecule has 0 saturated heterocycles. The quantitative estimate of drug-likeness (QED) is 0.547. The van der Waals surface area contributed by atoms with E-state index >= 15 is 0 Å². The number of rotatable bonds is 3. The van der Waals surface area contributed by atoms with E-state index in [9.17, 15) is 4.79 Å². The monoisotopic (exact) mass is 390 g/mol. The van der Waals surface area contributed by atoms with Gasteiger partial charge in [0.15, 0.2) is 0 Å². The maximum Gasteiger partial charge on any atom is 0.248 e. The molecule has 1 aromatic carbocycles. The molecule has 0 unspecified atom stereocenters. The van der Waals surface area contributed by atoms with E-state index in [0.29, 0.717) is 0 Å². The summed E-state index contributed by atoms with van der Waals surface area (Å²) < 4.78 is 0. The van der Waals surface area contributed by atoms with Crippen molar-refractivity contribution in [1.82, 2.24) is 4.98 Å². The molecule has 0 aliphatic heterocycles. The Kier molecular flexibility index (Phi) is 4.94. The summed E-state index contributed by atoms with van der Waals surface area (Å²) in [7, 11) is 0. The summed E-state index contributed by atoms with van der Waals surface area (Å²) in [6.45, 7) is 4.25. The minimum absolute atomic E-state index is 0.0563. The zero-order chi connectivity index (χ0) is 19.7. The number of aromatic nitrogens is 1. The average Bonchev–Trinajstić information content (AvgIpc) is 2.65. The topological polar surface area (TPSA) is 45.2 Å². The van der Waals surface area contributed by atoms with E-state index in [2.05, 4.69) is 31.0 Å². The van der Waals surface area contributed by atoms with Gasteiger partial charge in [0.2, 0.25) is 5.56 Å². The number of nitrogens with zero attached hydrogens (tertiary/aromatic N) is 1. The zero-order valence-electron chi connectivity index (χ0n) is 16.1. The molecular weight excluding hydrogens is 368 g/mol. The van der Waals surface area contributed by atoms with E-state index in [1.165, 1.54) is 11.1 Å². The highest BCUT2D eigenvalue weighted by atomic mass is 35.5. The number of H-pyrrole nitrogens is 1. The summed E-state index contributed by atoms with van der Waals surface area (Å²) in [6.07, 6.45) is 11.9. The first-order chi connectivity index (χ1) is 13.5. The molecule has 1 N–H and O–H groups in total. The van der Waals surface area contributed by atoms with Crippen molar-refractivity contribution in [3.63, 3.8) is 0 Å². The van der Waals surface area contributed by atoms with Crippen molar-refractivity contribution >= 4 is 23.9 Å². The molecule has 2 aromatic rings. The van der Waals surface area contributed by atoms with Crippen LogP contribution < -0.4 is 5.56 Å². The highest BCUT2D eigenvalue weighted by Gasteiger charge is 2.46. The first-order valence-electron chi connectivity index (χ1n) is 9.56. The van der Waals surface area contributed by atoms with E-state index in [0.717, 1.165) is 34.7 Å². The van der Waals surface area contributed by atoms with Gasteiger partial charge in [-0.3, -0.25) is 9.79 Å².